The summed E-state index contributed by atoms with van der Waals surface area (Å²) in [5, 5.41) is 7.40. The van der Waals surface area contributed by atoms with Gasteiger partial charge in [0.25, 0.3) is 0 Å². The number of aromatic nitrogens is 4. The molecule has 4 heterocycles. The van der Waals surface area contributed by atoms with Gasteiger partial charge in [0, 0.05) is 26.2 Å². The number of nitrogens with one attached hydrogen (secondary N) is 1. The number of amides is 1. The van der Waals surface area contributed by atoms with E-state index in [4.69, 9.17) is 19.2 Å². The average molecular weight is 600 g/mol. The number of alkyl carbamates (subject to hydrolysis) is 1. The van der Waals surface area contributed by atoms with Crippen molar-refractivity contribution in [2.45, 2.75) is 64.7 Å². The Labute approximate surface area is 218 Å². The van der Waals surface area contributed by atoms with Crippen molar-refractivity contribution in [3.63, 3.8) is 0 Å². The Bertz CT molecular complexity index is 1070. The monoisotopic (exact) mass is 600 g/mol. The Morgan fingerprint density at radius 2 is 2.03 bits per heavy atom. The summed E-state index contributed by atoms with van der Waals surface area (Å²) in [5.41, 5.74) is 0.0179. The maximum absolute atomic E-state index is 12.7. The van der Waals surface area contributed by atoms with E-state index in [1.165, 1.54) is 7.11 Å². The van der Waals surface area contributed by atoms with Crippen molar-refractivity contribution in [3.05, 3.63) is 9.90 Å². The number of carbonyl (C=O) groups excluding carboxylic acids is 2. The molecule has 0 spiro atoms. The topological polar surface area (TPSA) is 121 Å². The number of nitrogens with zero attached hydrogens (tertiary/aromatic N) is 5. The second-order valence-corrected chi connectivity index (χ2v) is 11.1. The van der Waals surface area contributed by atoms with Crippen molar-refractivity contribution >= 4 is 51.6 Å². The molecule has 35 heavy (non-hydrogen) atoms. The number of esters is 1. The van der Waals surface area contributed by atoms with Gasteiger partial charge in [-0.2, -0.15) is 5.10 Å². The second-order valence-electron chi connectivity index (χ2n) is 10.1. The minimum atomic E-state index is -0.827. The van der Waals surface area contributed by atoms with Crippen molar-refractivity contribution in [1.82, 2.24) is 25.1 Å². The van der Waals surface area contributed by atoms with E-state index >= 15 is 0 Å². The van der Waals surface area contributed by atoms with Gasteiger partial charge in [-0.05, 0) is 75.5 Å². The number of carbonyl (C=O) groups is 2. The largest absolute Gasteiger partial charge is 0.469 e. The fourth-order valence-electron chi connectivity index (χ4n) is 4.52. The Hall–Kier alpha value is -2.22. The molecule has 1 N–H and O–H groups in total. The molecule has 1 amide bonds. The summed E-state index contributed by atoms with van der Waals surface area (Å²) in [4.78, 5) is 36.6. The molecule has 12 heteroatoms. The van der Waals surface area contributed by atoms with Crippen molar-refractivity contribution in [2.75, 3.05) is 38.3 Å². The zero-order valence-corrected chi connectivity index (χ0v) is 22.8. The minimum absolute atomic E-state index is 0.133. The lowest BCUT2D eigenvalue weighted by Gasteiger charge is -2.40. The predicted molar refractivity (Wildman–Crippen MR) is 137 cm³/mol. The van der Waals surface area contributed by atoms with Gasteiger partial charge in [0.1, 0.15) is 16.9 Å². The highest BCUT2D eigenvalue weighted by Crippen LogP contribution is 2.35. The fourth-order valence-corrected chi connectivity index (χ4v) is 5.14. The van der Waals surface area contributed by atoms with Gasteiger partial charge in [-0.3, -0.25) is 4.79 Å². The molecule has 2 aliphatic rings. The van der Waals surface area contributed by atoms with Crippen LogP contribution in [0.25, 0.3) is 11.2 Å². The number of hydrogen-bond donors (Lipinski definition) is 1. The van der Waals surface area contributed by atoms with Crippen LogP contribution in [0.5, 0.6) is 0 Å². The average Bonchev–Trinajstić information content (AvgIpc) is 3.18. The molecule has 2 saturated heterocycles. The Balaban J connectivity index is 1.49. The second kappa shape index (κ2) is 10.4. The maximum Gasteiger partial charge on any atom is 0.407 e. The Morgan fingerprint density at radius 1 is 1.29 bits per heavy atom. The van der Waals surface area contributed by atoms with Crippen LogP contribution in [0.4, 0.5) is 10.6 Å². The van der Waals surface area contributed by atoms with Crippen LogP contribution in [0.2, 0.25) is 0 Å². The van der Waals surface area contributed by atoms with Crippen molar-refractivity contribution in [1.29, 1.82) is 0 Å². The molecule has 2 aromatic heterocycles. The quantitative estimate of drug-likeness (QED) is 0.407. The summed E-state index contributed by atoms with van der Waals surface area (Å²) >= 11 is 2.18. The SMILES string of the molecule is COC(=O)C1(CNC(=O)OC(C)(C)C)CCN(c2cnc3c(I)nn(C4CCCCO4)c3n2)CC1. The lowest BCUT2D eigenvalue weighted by molar-refractivity contribution is -0.153. The van der Waals surface area contributed by atoms with Crippen LogP contribution in [-0.2, 0) is 19.0 Å². The molecule has 0 aliphatic carbocycles. The van der Waals surface area contributed by atoms with Crippen LogP contribution >= 0.6 is 22.6 Å². The van der Waals surface area contributed by atoms with Crippen molar-refractivity contribution in [2.24, 2.45) is 5.41 Å². The number of ether oxygens (including phenoxy) is 3. The fraction of sp³-hybridized carbons (Fsp3) is 0.696. The van der Waals surface area contributed by atoms with Gasteiger partial charge in [0.05, 0.1) is 18.7 Å². The van der Waals surface area contributed by atoms with E-state index in [9.17, 15) is 9.59 Å². The van der Waals surface area contributed by atoms with E-state index < -0.39 is 17.1 Å². The van der Waals surface area contributed by atoms with Gasteiger partial charge < -0.3 is 24.4 Å². The molecule has 192 valence electrons. The normalized spacial score (nSPS) is 20.5. The third kappa shape index (κ3) is 5.79. The van der Waals surface area contributed by atoms with Crippen LogP contribution < -0.4 is 10.2 Å². The summed E-state index contributed by atoms with van der Waals surface area (Å²) in [6.07, 6.45) is 5.11. The van der Waals surface area contributed by atoms with Gasteiger partial charge in [-0.1, -0.05) is 0 Å². The minimum Gasteiger partial charge on any atom is -0.469 e. The zero-order chi connectivity index (χ0) is 25.2. The van der Waals surface area contributed by atoms with E-state index in [1.54, 1.807) is 27.0 Å². The first-order valence-corrected chi connectivity index (χ1v) is 13.0. The standard InChI is InChI=1S/C23H33IN6O5/c1-22(2,3)35-21(32)26-14-23(20(31)33-4)8-10-29(11-9-23)15-13-25-17-18(24)28-30(19(17)27-15)16-7-5-6-12-34-16/h13,16H,5-12,14H2,1-4H3,(H,26,32). The molecule has 1 unspecified atom stereocenters. The summed E-state index contributed by atoms with van der Waals surface area (Å²) in [5.74, 6) is 0.390. The first-order valence-electron chi connectivity index (χ1n) is 11.9. The summed E-state index contributed by atoms with van der Waals surface area (Å²) < 4.78 is 19.0. The van der Waals surface area contributed by atoms with Gasteiger partial charge in [-0.25, -0.2) is 19.4 Å². The molecular formula is C23H33IN6O5. The Morgan fingerprint density at radius 3 is 2.66 bits per heavy atom. The summed E-state index contributed by atoms with van der Waals surface area (Å²) in [6, 6.07) is 0. The Kier molecular flexibility index (Phi) is 7.69. The third-order valence-corrected chi connectivity index (χ3v) is 7.14. The first-order chi connectivity index (χ1) is 16.6. The molecule has 4 rings (SSSR count). The number of rotatable bonds is 5. The molecule has 11 nitrogen and oxygen atoms in total. The first kappa shape index (κ1) is 25.9. The van der Waals surface area contributed by atoms with E-state index in [1.807, 2.05) is 4.68 Å². The van der Waals surface area contributed by atoms with Crippen LogP contribution in [0.1, 0.15) is 59.1 Å². The number of methoxy groups -OCH3 is 1. The van der Waals surface area contributed by atoms with Crippen molar-refractivity contribution < 1.29 is 23.8 Å². The van der Waals surface area contributed by atoms with Gasteiger partial charge in [-0.15, -0.1) is 0 Å². The zero-order valence-electron chi connectivity index (χ0n) is 20.7. The highest BCUT2D eigenvalue weighted by Gasteiger charge is 2.43. The lowest BCUT2D eigenvalue weighted by atomic mass is 9.78. The smallest absolute Gasteiger partial charge is 0.407 e. The van der Waals surface area contributed by atoms with Crippen LogP contribution in [0, 0.1) is 9.12 Å². The number of fused-ring (bicyclic) bond motifs is 1. The van der Waals surface area contributed by atoms with Crippen LogP contribution in [0.15, 0.2) is 6.20 Å². The molecule has 1 atom stereocenters. The molecule has 0 aromatic carbocycles. The molecular weight excluding hydrogens is 567 g/mol. The van der Waals surface area contributed by atoms with E-state index in [-0.39, 0.29) is 18.7 Å². The van der Waals surface area contributed by atoms with E-state index in [0.717, 1.165) is 40.9 Å². The number of hydrogen-bond acceptors (Lipinski definition) is 9. The number of piperidine rings is 1. The van der Waals surface area contributed by atoms with Crippen LogP contribution in [0.3, 0.4) is 0 Å². The molecule has 2 aliphatic heterocycles. The van der Waals surface area contributed by atoms with E-state index in [0.29, 0.717) is 31.6 Å². The third-order valence-electron chi connectivity index (χ3n) is 6.41. The van der Waals surface area contributed by atoms with Gasteiger partial charge in [0.2, 0.25) is 0 Å². The van der Waals surface area contributed by atoms with E-state index in [2.05, 4.69) is 42.9 Å². The molecule has 2 fully saturated rings. The number of halogens is 1. The molecule has 0 saturated carbocycles. The predicted octanol–water partition coefficient (Wildman–Crippen LogP) is 3.41. The highest BCUT2D eigenvalue weighted by molar-refractivity contribution is 14.1. The van der Waals surface area contributed by atoms with Gasteiger partial charge >= 0.3 is 12.1 Å². The van der Waals surface area contributed by atoms with Gasteiger partial charge in [0.15, 0.2) is 15.6 Å². The van der Waals surface area contributed by atoms with Crippen molar-refractivity contribution in [3.8, 4) is 0 Å². The summed E-state index contributed by atoms with van der Waals surface area (Å²) in [7, 11) is 1.37. The molecule has 2 aromatic rings. The highest BCUT2D eigenvalue weighted by atomic mass is 127. The van der Waals surface area contributed by atoms with Crippen LogP contribution in [-0.4, -0.2) is 70.8 Å². The summed E-state index contributed by atoms with van der Waals surface area (Å²) in [6.45, 7) is 7.39. The lowest BCUT2D eigenvalue weighted by Crippen LogP contribution is -2.51. The molecule has 0 radical (unpaired) electrons. The maximum atomic E-state index is 12.7. The molecule has 0 bridgehead atoms. The number of anilines is 1.